The molecular formula is C30H28N2O4. The Balaban J connectivity index is 1.28. The first-order valence-corrected chi connectivity index (χ1v) is 12.1. The minimum atomic E-state index is -0.325. The first-order chi connectivity index (χ1) is 17.3. The molecule has 1 heterocycles. The molecule has 182 valence electrons. The van der Waals surface area contributed by atoms with Gasteiger partial charge in [0.2, 0.25) is 11.8 Å². The zero-order chi connectivity index (χ0) is 25.4. The van der Waals surface area contributed by atoms with Gasteiger partial charge in [0.15, 0.2) is 0 Å². The predicted molar refractivity (Wildman–Crippen MR) is 139 cm³/mol. The summed E-state index contributed by atoms with van der Waals surface area (Å²) in [4.78, 5) is 40.2. The number of carbonyl (C=O) groups is 3. The lowest BCUT2D eigenvalue weighted by Gasteiger charge is -2.18. The Morgan fingerprint density at radius 1 is 0.917 bits per heavy atom. The summed E-state index contributed by atoms with van der Waals surface area (Å²) >= 11 is 0. The number of allylic oxidation sites excluding steroid dienone is 2. The maximum absolute atomic E-state index is 13.0. The molecule has 3 aromatic carbocycles. The average molecular weight is 481 g/mol. The molecule has 0 radical (unpaired) electrons. The lowest BCUT2D eigenvalue weighted by molar-refractivity contribution is -0.122. The van der Waals surface area contributed by atoms with Crippen LogP contribution in [0.2, 0.25) is 0 Å². The minimum absolute atomic E-state index is 0.186. The number of anilines is 2. The molecule has 0 bridgehead atoms. The molecule has 3 aromatic rings. The van der Waals surface area contributed by atoms with Gasteiger partial charge in [0, 0.05) is 11.3 Å². The maximum Gasteiger partial charge on any atom is 0.255 e. The van der Waals surface area contributed by atoms with E-state index in [0.717, 1.165) is 22.4 Å². The average Bonchev–Trinajstić information content (AvgIpc) is 3.12. The van der Waals surface area contributed by atoms with Crippen LogP contribution in [-0.2, 0) is 9.59 Å². The second kappa shape index (κ2) is 9.46. The van der Waals surface area contributed by atoms with Crippen molar-refractivity contribution in [1.29, 1.82) is 0 Å². The molecule has 0 spiro atoms. The lowest BCUT2D eigenvalue weighted by Crippen LogP contribution is -2.31. The molecule has 6 nitrogen and oxygen atoms in total. The van der Waals surface area contributed by atoms with Gasteiger partial charge < -0.3 is 10.1 Å². The van der Waals surface area contributed by atoms with Crippen LogP contribution in [0, 0.1) is 25.7 Å². The number of benzene rings is 3. The van der Waals surface area contributed by atoms with Gasteiger partial charge in [-0.25, -0.2) is 0 Å². The zero-order valence-corrected chi connectivity index (χ0v) is 20.6. The topological polar surface area (TPSA) is 75.7 Å². The number of rotatable bonds is 5. The van der Waals surface area contributed by atoms with Crippen molar-refractivity contribution in [1.82, 2.24) is 0 Å². The fraction of sp³-hybridized carbons (Fsp3) is 0.233. The number of fused-ring (bicyclic) bond motifs is 1. The van der Waals surface area contributed by atoms with E-state index in [2.05, 4.69) is 5.32 Å². The van der Waals surface area contributed by atoms with Crippen LogP contribution in [0.15, 0.2) is 78.4 Å². The zero-order valence-electron chi connectivity index (χ0n) is 20.6. The van der Waals surface area contributed by atoms with Crippen molar-refractivity contribution in [3.63, 3.8) is 0 Å². The molecule has 0 aromatic heterocycles. The Hall–Kier alpha value is -4.19. The molecule has 1 fully saturated rings. The van der Waals surface area contributed by atoms with Gasteiger partial charge in [-0.2, -0.15) is 0 Å². The number of imide groups is 1. The first-order valence-electron chi connectivity index (χ1n) is 12.1. The standard InChI is InChI=1S/C30H28N2O4/c1-18-10-15-25-26(16-18)30(35)32(29(25)34)23-8-5-7-21(17-23)28(33)31-22-11-13-24(14-12-22)36-27-9-4-6-19(2)20(27)3/h4-14,17,25-26H,15-16H2,1-3H3,(H,31,33)/t25-,26-/m0/s1. The SMILES string of the molecule is CC1=CC[C@@H]2C(=O)N(c3cccc(C(=O)Nc4ccc(Oc5cccc(C)c5C)cc4)c3)C(=O)[C@H]2C1. The van der Waals surface area contributed by atoms with E-state index in [1.807, 2.05) is 45.0 Å². The molecular weight excluding hydrogens is 452 g/mol. The number of amides is 3. The number of carbonyl (C=O) groups excluding carboxylic acids is 3. The van der Waals surface area contributed by atoms with Crippen molar-refractivity contribution in [2.75, 3.05) is 10.2 Å². The van der Waals surface area contributed by atoms with Gasteiger partial charge in [-0.15, -0.1) is 0 Å². The van der Waals surface area contributed by atoms with E-state index in [0.29, 0.717) is 35.5 Å². The summed E-state index contributed by atoms with van der Waals surface area (Å²) in [6.45, 7) is 6.04. The van der Waals surface area contributed by atoms with Crippen molar-refractivity contribution in [3.8, 4) is 11.5 Å². The summed E-state index contributed by atoms with van der Waals surface area (Å²) in [5, 5.41) is 2.87. The van der Waals surface area contributed by atoms with Gasteiger partial charge in [-0.05, 0) is 93.3 Å². The monoisotopic (exact) mass is 480 g/mol. The molecule has 0 saturated carbocycles. The van der Waals surface area contributed by atoms with Crippen LogP contribution in [0.25, 0.3) is 0 Å². The third-order valence-corrected chi connectivity index (χ3v) is 7.08. The molecule has 36 heavy (non-hydrogen) atoms. The van der Waals surface area contributed by atoms with E-state index in [1.54, 1.807) is 48.5 Å². The van der Waals surface area contributed by atoms with Crippen LogP contribution in [0.1, 0.15) is 41.3 Å². The Labute approximate surface area is 210 Å². The van der Waals surface area contributed by atoms with Crippen molar-refractivity contribution in [2.24, 2.45) is 11.8 Å². The maximum atomic E-state index is 13.0. The fourth-order valence-electron chi connectivity index (χ4n) is 4.85. The molecule has 6 heteroatoms. The normalized spacial score (nSPS) is 19.1. The molecule has 1 aliphatic heterocycles. The van der Waals surface area contributed by atoms with E-state index in [1.165, 1.54) is 4.90 Å². The molecule has 3 amide bonds. The third kappa shape index (κ3) is 4.42. The van der Waals surface area contributed by atoms with Gasteiger partial charge in [-0.3, -0.25) is 19.3 Å². The van der Waals surface area contributed by atoms with Crippen molar-refractivity contribution >= 4 is 29.1 Å². The molecule has 1 saturated heterocycles. The fourth-order valence-corrected chi connectivity index (χ4v) is 4.85. The quantitative estimate of drug-likeness (QED) is 0.349. The molecule has 1 N–H and O–H groups in total. The van der Waals surface area contributed by atoms with Gasteiger partial charge in [-0.1, -0.05) is 29.8 Å². The summed E-state index contributed by atoms with van der Waals surface area (Å²) in [6.07, 6.45) is 3.23. The molecule has 2 aliphatic rings. The smallest absolute Gasteiger partial charge is 0.255 e. The largest absolute Gasteiger partial charge is 0.457 e. The van der Waals surface area contributed by atoms with Crippen molar-refractivity contribution in [2.45, 2.75) is 33.6 Å². The third-order valence-electron chi connectivity index (χ3n) is 7.08. The van der Waals surface area contributed by atoms with E-state index in [9.17, 15) is 14.4 Å². The summed E-state index contributed by atoms with van der Waals surface area (Å²) in [5.74, 6) is 0.128. The molecule has 2 atom stereocenters. The second-order valence-corrected chi connectivity index (χ2v) is 9.54. The Bertz CT molecular complexity index is 1390. The Morgan fingerprint density at radius 2 is 1.64 bits per heavy atom. The Kier molecular flexibility index (Phi) is 6.18. The van der Waals surface area contributed by atoms with Gasteiger partial charge >= 0.3 is 0 Å². The minimum Gasteiger partial charge on any atom is -0.457 e. The number of ether oxygens (including phenoxy) is 1. The predicted octanol–water partition coefficient (Wildman–Crippen LogP) is 6.19. The second-order valence-electron chi connectivity index (χ2n) is 9.54. The number of aryl methyl sites for hydroxylation is 1. The van der Waals surface area contributed by atoms with E-state index < -0.39 is 0 Å². The summed E-state index contributed by atoms with van der Waals surface area (Å²) in [5.41, 5.74) is 4.78. The van der Waals surface area contributed by atoms with Crippen LogP contribution in [0.3, 0.4) is 0 Å². The Morgan fingerprint density at radius 3 is 2.42 bits per heavy atom. The summed E-state index contributed by atoms with van der Waals surface area (Å²) in [6, 6.07) is 19.7. The van der Waals surface area contributed by atoms with Crippen LogP contribution < -0.4 is 15.0 Å². The number of nitrogens with zero attached hydrogens (tertiary/aromatic N) is 1. The van der Waals surface area contributed by atoms with Gasteiger partial charge in [0.25, 0.3) is 5.91 Å². The highest BCUT2D eigenvalue weighted by Gasteiger charge is 2.48. The molecule has 1 aliphatic carbocycles. The van der Waals surface area contributed by atoms with Gasteiger partial charge in [0.05, 0.1) is 17.5 Å². The van der Waals surface area contributed by atoms with Crippen molar-refractivity contribution in [3.05, 3.63) is 95.1 Å². The number of nitrogens with one attached hydrogen (secondary N) is 1. The van der Waals surface area contributed by atoms with Crippen LogP contribution >= 0.6 is 0 Å². The summed E-state index contributed by atoms with van der Waals surface area (Å²) < 4.78 is 5.99. The number of hydrogen-bond acceptors (Lipinski definition) is 4. The highest BCUT2D eigenvalue weighted by molar-refractivity contribution is 6.22. The first kappa shape index (κ1) is 23.5. The highest BCUT2D eigenvalue weighted by atomic mass is 16.5. The van der Waals surface area contributed by atoms with Crippen molar-refractivity contribution < 1.29 is 19.1 Å². The van der Waals surface area contributed by atoms with E-state index in [-0.39, 0.29) is 29.6 Å². The van der Waals surface area contributed by atoms with E-state index >= 15 is 0 Å². The number of hydrogen-bond donors (Lipinski definition) is 1. The van der Waals surface area contributed by atoms with Crippen LogP contribution in [-0.4, -0.2) is 17.7 Å². The summed E-state index contributed by atoms with van der Waals surface area (Å²) in [7, 11) is 0. The van der Waals surface area contributed by atoms with Gasteiger partial charge in [0.1, 0.15) is 11.5 Å². The molecule has 0 unspecified atom stereocenters. The highest BCUT2D eigenvalue weighted by Crippen LogP contribution is 2.40. The van der Waals surface area contributed by atoms with E-state index in [4.69, 9.17) is 4.74 Å². The lowest BCUT2D eigenvalue weighted by atomic mass is 9.82. The molecule has 5 rings (SSSR count). The van der Waals surface area contributed by atoms with Crippen LogP contribution in [0.5, 0.6) is 11.5 Å². The van der Waals surface area contributed by atoms with Crippen LogP contribution in [0.4, 0.5) is 11.4 Å².